The molecule has 1 fully saturated rings. The van der Waals surface area contributed by atoms with Crippen molar-refractivity contribution in [2.75, 3.05) is 13.1 Å². The van der Waals surface area contributed by atoms with Gasteiger partial charge in [0.15, 0.2) is 11.5 Å². The molecule has 3 aromatic rings. The molecule has 1 atom stereocenters. The molecule has 0 aliphatic carbocycles. The van der Waals surface area contributed by atoms with E-state index in [0.29, 0.717) is 23.8 Å². The fraction of sp³-hybridized carbons (Fsp3) is 0.450. The van der Waals surface area contributed by atoms with E-state index in [1.807, 2.05) is 48.9 Å². The van der Waals surface area contributed by atoms with Crippen molar-refractivity contribution in [3.63, 3.8) is 0 Å². The van der Waals surface area contributed by atoms with Crippen molar-refractivity contribution in [2.45, 2.75) is 45.2 Å². The minimum Gasteiger partial charge on any atom is -0.341 e. The second-order valence-electron chi connectivity index (χ2n) is 7.35. The van der Waals surface area contributed by atoms with Crippen LogP contribution in [0.15, 0.2) is 34.9 Å². The molecule has 2 aromatic heterocycles. The van der Waals surface area contributed by atoms with Gasteiger partial charge in [0.05, 0.1) is 24.2 Å². The van der Waals surface area contributed by atoms with E-state index in [2.05, 4.69) is 31.1 Å². The van der Waals surface area contributed by atoms with E-state index in [1.54, 1.807) is 0 Å². The van der Waals surface area contributed by atoms with Gasteiger partial charge < -0.3 is 15.2 Å². The molecule has 2 N–H and O–H groups in total. The number of hydrogen-bond acceptors (Lipinski definition) is 7. The van der Waals surface area contributed by atoms with Crippen LogP contribution in [-0.2, 0) is 6.42 Å². The number of nitrogens with one attached hydrogen (secondary N) is 2. The van der Waals surface area contributed by atoms with Gasteiger partial charge in [-0.05, 0) is 45.3 Å². The maximum Gasteiger partial charge on any atom is 0.274 e. The van der Waals surface area contributed by atoms with Crippen LogP contribution in [0, 0.1) is 6.92 Å². The number of piperidine rings is 1. The average Bonchev–Trinajstić information content (AvgIpc) is 3.36. The van der Waals surface area contributed by atoms with Crippen molar-refractivity contribution in [1.29, 1.82) is 0 Å². The van der Waals surface area contributed by atoms with E-state index in [4.69, 9.17) is 4.52 Å². The zero-order valence-corrected chi connectivity index (χ0v) is 16.6. The minimum absolute atomic E-state index is 0.278. The highest BCUT2D eigenvalue weighted by Crippen LogP contribution is 2.20. The lowest BCUT2D eigenvalue weighted by Gasteiger charge is -2.23. The molecule has 9 heteroatoms. The smallest absolute Gasteiger partial charge is 0.274 e. The summed E-state index contributed by atoms with van der Waals surface area (Å²) >= 11 is 0. The van der Waals surface area contributed by atoms with Crippen LogP contribution in [0.3, 0.4) is 0 Å². The van der Waals surface area contributed by atoms with Crippen molar-refractivity contribution >= 4 is 5.91 Å². The highest BCUT2D eigenvalue weighted by molar-refractivity contribution is 5.93. The van der Waals surface area contributed by atoms with Gasteiger partial charge in [-0.1, -0.05) is 40.7 Å². The van der Waals surface area contributed by atoms with Gasteiger partial charge in [-0.25, -0.2) is 4.68 Å². The van der Waals surface area contributed by atoms with Crippen molar-refractivity contribution in [3.8, 4) is 0 Å². The average molecular weight is 395 g/mol. The van der Waals surface area contributed by atoms with Gasteiger partial charge in [-0.15, -0.1) is 5.10 Å². The normalized spacial score (nSPS) is 15.9. The van der Waals surface area contributed by atoms with Gasteiger partial charge >= 0.3 is 0 Å². The molecule has 1 saturated heterocycles. The molecule has 0 bridgehead atoms. The van der Waals surface area contributed by atoms with Gasteiger partial charge in [0, 0.05) is 0 Å². The van der Waals surface area contributed by atoms with Crippen molar-refractivity contribution < 1.29 is 9.32 Å². The molecule has 1 aliphatic rings. The Hall–Kier alpha value is -3.07. The first kappa shape index (κ1) is 19.3. The van der Waals surface area contributed by atoms with Crippen LogP contribution in [0.1, 0.15) is 65.3 Å². The lowest BCUT2D eigenvalue weighted by Crippen LogP contribution is -2.31. The maximum atomic E-state index is 12.7. The van der Waals surface area contributed by atoms with Crippen LogP contribution in [0.25, 0.3) is 0 Å². The first-order valence-corrected chi connectivity index (χ1v) is 9.91. The van der Waals surface area contributed by atoms with Crippen molar-refractivity contribution in [1.82, 2.24) is 35.8 Å². The molecule has 9 nitrogen and oxygen atoms in total. The van der Waals surface area contributed by atoms with Gasteiger partial charge in [0.25, 0.3) is 5.91 Å². The molecule has 3 heterocycles. The molecule has 29 heavy (non-hydrogen) atoms. The number of carbonyl (C=O) groups is 1. The third-order valence-corrected chi connectivity index (χ3v) is 5.21. The molecule has 4 rings (SSSR count). The lowest BCUT2D eigenvalue weighted by atomic mass is 10.1. The van der Waals surface area contributed by atoms with E-state index in [9.17, 15) is 4.79 Å². The van der Waals surface area contributed by atoms with Gasteiger partial charge in [-0.3, -0.25) is 4.79 Å². The van der Waals surface area contributed by atoms with Gasteiger partial charge in [0.2, 0.25) is 5.89 Å². The molecule has 1 aliphatic heterocycles. The molecule has 1 unspecified atom stereocenters. The SMILES string of the molecule is Cc1c(C(=O)NC(C)c2noc(Cc3ccccc3)n2)nnn1C1CCNCC1. The summed E-state index contributed by atoms with van der Waals surface area (Å²) in [7, 11) is 0. The predicted octanol–water partition coefficient (Wildman–Crippen LogP) is 1.98. The summed E-state index contributed by atoms with van der Waals surface area (Å²) in [6, 6.07) is 9.78. The molecule has 0 saturated carbocycles. The third-order valence-electron chi connectivity index (χ3n) is 5.21. The molecule has 1 aromatic carbocycles. The van der Waals surface area contributed by atoms with Crippen molar-refractivity contribution in [2.24, 2.45) is 0 Å². The first-order chi connectivity index (χ1) is 14.1. The Bertz CT molecular complexity index is 960. The van der Waals surface area contributed by atoms with Crippen LogP contribution in [0.4, 0.5) is 0 Å². The number of amides is 1. The number of carbonyl (C=O) groups excluding carboxylic acids is 1. The summed E-state index contributed by atoms with van der Waals surface area (Å²) in [5, 5.41) is 18.6. The van der Waals surface area contributed by atoms with E-state index in [-0.39, 0.29) is 11.9 Å². The number of nitrogens with zero attached hydrogens (tertiary/aromatic N) is 5. The summed E-state index contributed by atoms with van der Waals surface area (Å²) in [6.07, 6.45) is 2.52. The Morgan fingerprint density at radius 1 is 1.31 bits per heavy atom. The monoisotopic (exact) mass is 395 g/mol. The summed E-state index contributed by atoms with van der Waals surface area (Å²) in [5.41, 5.74) is 2.20. The number of hydrogen-bond donors (Lipinski definition) is 2. The first-order valence-electron chi connectivity index (χ1n) is 9.91. The van der Waals surface area contributed by atoms with Gasteiger partial charge in [0.1, 0.15) is 0 Å². The highest BCUT2D eigenvalue weighted by Gasteiger charge is 2.25. The summed E-state index contributed by atoms with van der Waals surface area (Å²) < 4.78 is 7.20. The van der Waals surface area contributed by atoms with Crippen LogP contribution >= 0.6 is 0 Å². The molecule has 0 radical (unpaired) electrons. The zero-order chi connectivity index (χ0) is 20.2. The molecule has 1 amide bonds. The van der Waals surface area contributed by atoms with E-state index in [0.717, 1.165) is 37.2 Å². The second-order valence-corrected chi connectivity index (χ2v) is 7.35. The van der Waals surface area contributed by atoms with E-state index < -0.39 is 6.04 Å². The van der Waals surface area contributed by atoms with Gasteiger partial charge in [-0.2, -0.15) is 4.98 Å². The summed E-state index contributed by atoms with van der Waals surface area (Å²) in [6.45, 7) is 5.60. The highest BCUT2D eigenvalue weighted by atomic mass is 16.5. The van der Waals surface area contributed by atoms with Crippen LogP contribution in [0.2, 0.25) is 0 Å². The minimum atomic E-state index is -0.404. The third kappa shape index (κ3) is 4.34. The molecule has 152 valence electrons. The Labute approximate surface area is 168 Å². The fourth-order valence-electron chi connectivity index (χ4n) is 3.56. The van der Waals surface area contributed by atoms with Crippen LogP contribution in [-0.4, -0.2) is 44.1 Å². The Balaban J connectivity index is 1.40. The summed E-state index contributed by atoms with van der Waals surface area (Å²) in [5.74, 6) is 0.664. The number of benzene rings is 1. The second kappa shape index (κ2) is 8.52. The molecular weight excluding hydrogens is 370 g/mol. The predicted molar refractivity (Wildman–Crippen MR) is 105 cm³/mol. The molecule has 0 spiro atoms. The fourth-order valence-corrected chi connectivity index (χ4v) is 3.56. The largest absolute Gasteiger partial charge is 0.341 e. The Morgan fingerprint density at radius 2 is 2.07 bits per heavy atom. The van der Waals surface area contributed by atoms with Crippen LogP contribution in [0.5, 0.6) is 0 Å². The number of aromatic nitrogens is 5. The topological polar surface area (TPSA) is 111 Å². The van der Waals surface area contributed by atoms with E-state index in [1.165, 1.54) is 0 Å². The quantitative estimate of drug-likeness (QED) is 0.656. The Kier molecular flexibility index (Phi) is 5.66. The Morgan fingerprint density at radius 3 is 2.83 bits per heavy atom. The van der Waals surface area contributed by atoms with E-state index >= 15 is 0 Å². The van der Waals surface area contributed by atoms with Crippen LogP contribution < -0.4 is 10.6 Å². The number of rotatable bonds is 6. The molecular formula is C20H25N7O2. The zero-order valence-electron chi connectivity index (χ0n) is 16.6. The lowest BCUT2D eigenvalue weighted by molar-refractivity contribution is 0.0932. The standard InChI is InChI=1S/C20H25N7O2/c1-13(19-23-17(29-25-19)12-15-6-4-3-5-7-15)22-20(28)18-14(2)27(26-24-18)16-8-10-21-11-9-16/h3-7,13,16,21H,8-12H2,1-2H3,(H,22,28). The summed E-state index contributed by atoms with van der Waals surface area (Å²) in [4.78, 5) is 17.1. The van der Waals surface area contributed by atoms with Crippen molar-refractivity contribution in [3.05, 3.63) is 59.0 Å². The maximum absolute atomic E-state index is 12.7.